The van der Waals surface area contributed by atoms with Crippen LogP contribution >= 0.6 is 0 Å². The average molecular weight is 438 g/mol. The van der Waals surface area contributed by atoms with E-state index in [0.717, 1.165) is 28.0 Å². The molecule has 2 heterocycles. The lowest BCUT2D eigenvalue weighted by Gasteiger charge is -2.12. The van der Waals surface area contributed by atoms with Crippen LogP contribution in [-0.4, -0.2) is 54.5 Å². The van der Waals surface area contributed by atoms with E-state index in [4.69, 9.17) is 9.84 Å². The molecule has 8 heteroatoms. The smallest absolute Gasteiger partial charge is 0.242 e. The second-order valence-corrected chi connectivity index (χ2v) is 9.35. The van der Waals surface area contributed by atoms with E-state index in [1.165, 1.54) is 18.4 Å². The number of benzene rings is 2. The van der Waals surface area contributed by atoms with Gasteiger partial charge < -0.3 is 9.84 Å². The van der Waals surface area contributed by atoms with Crippen molar-refractivity contribution in [3.8, 4) is 28.1 Å². The Bertz CT molecular complexity index is 1300. The van der Waals surface area contributed by atoms with E-state index in [1.807, 2.05) is 53.2 Å². The molecule has 2 aromatic heterocycles. The monoisotopic (exact) mass is 437 g/mol. The maximum absolute atomic E-state index is 12.3. The van der Waals surface area contributed by atoms with Crippen LogP contribution < -0.4 is 4.74 Å². The van der Waals surface area contributed by atoms with Gasteiger partial charge in [0.05, 0.1) is 23.4 Å². The van der Waals surface area contributed by atoms with Crippen molar-refractivity contribution in [3.05, 3.63) is 73.1 Å². The molecule has 0 radical (unpaired) electrons. The van der Waals surface area contributed by atoms with Crippen molar-refractivity contribution < 1.29 is 18.3 Å². The summed E-state index contributed by atoms with van der Waals surface area (Å²) in [5.41, 5.74) is 4.59. The zero-order valence-electron chi connectivity index (χ0n) is 17.3. The normalized spacial score (nSPS) is 11.9. The van der Waals surface area contributed by atoms with Gasteiger partial charge in [-0.15, -0.1) is 0 Å². The summed E-state index contributed by atoms with van der Waals surface area (Å²) in [6.45, 7) is 0.241. The van der Waals surface area contributed by atoms with Crippen molar-refractivity contribution in [2.24, 2.45) is 0 Å². The summed E-state index contributed by atoms with van der Waals surface area (Å²) in [5.74, 6) is 0.702. The van der Waals surface area contributed by atoms with Crippen molar-refractivity contribution in [3.63, 3.8) is 0 Å². The van der Waals surface area contributed by atoms with E-state index in [2.05, 4.69) is 4.98 Å². The highest BCUT2D eigenvalue weighted by Crippen LogP contribution is 2.27. The lowest BCUT2D eigenvalue weighted by atomic mass is 10.1. The molecule has 4 rings (SSSR count). The molecule has 0 bridgehead atoms. The molecule has 160 valence electrons. The number of hydrogen-bond donors (Lipinski definition) is 1. The van der Waals surface area contributed by atoms with Crippen LogP contribution in [0.25, 0.3) is 28.0 Å². The lowest BCUT2D eigenvalue weighted by Crippen LogP contribution is -2.22. The quantitative estimate of drug-likeness (QED) is 0.480. The molecule has 0 fully saturated rings. The second kappa shape index (κ2) is 8.50. The molecular weight excluding hydrogens is 414 g/mol. The fourth-order valence-corrected chi connectivity index (χ4v) is 4.19. The van der Waals surface area contributed by atoms with E-state index in [-0.39, 0.29) is 18.1 Å². The number of aliphatic hydroxyl groups is 1. The molecule has 7 nitrogen and oxygen atoms in total. The number of imidazole rings is 1. The summed E-state index contributed by atoms with van der Waals surface area (Å²) in [6, 6.07) is 18.4. The first kappa shape index (κ1) is 21.0. The number of ether oxygens (including phenoxy) is 1. The van der Waals surface area contributed by atoms with Gasteiger partial charge in [0.25, 0.3) is 0 Å². The first-order chi connectivity index (χ1) is 14.9. The maximum atomic E-state index is 12.3. The summed E-state index contributed by atoms with van der Waals surface area (Å²) in [4.78, 5) is 4.79. The molecule has 2 aromatic carbocycles. The SMILES string of the molecule is CN(C)S(=O)(=O)c1ccc(-c2ccn3c(-c4ccc(OCCO)cc4)cnc3c2)cc1. The molecule has 0 amide bonds. The molecule has 0 aliphatic carbocycles. The molecule has 1 N–H and O–H groups in total. The Balaban J connectivity index is 1.62. The van der Waals surface area contributed by atoms with Gasteiger partial charge in [-0.25, -0.2) is 17.7 Å². The third kappa shape index (κ3) is 4.18. The lowest BCUT2D eigenvalue weighted by molar-refractivity contribution is 0.201. The van der Waals surface area contributed by atoms with E-state index in [1.54, 1.807) is 24.3 Å². The van der Waals surface area contributed by atoms with Gasteiger partial charge in [0.15, 0.2) is 0 Å². The number of pyridine rings is 1. The molecule has 0 atom stereocenters. The first-order valence-corrected chi connectivity index (χ1v) is 11.2. The molecule has 0 saturated carbocycles. The highest BCUT2D eigenvalue weighted by Gasteiger charge is 2.17. The fourth-order valence-electron chi connectivity index (χ4n) is 3.29. The van der Waals surface area contributed by atoms with Crippen molar-refractivity contribution in [2.45, 2.75) is 4.90 Å². The van der Waals surface area contributed by atoms with E-state index in [0.29, 0.717) is 5.75 Å². The van der Waals surface area contributed by atoms with Gasteiger partial charge in [-0.1, -0.05) is 12.1 Å². The predicted molar refractivity (Wildman–Crippen MR) is 120 cm³/mol. The second-order valence-electron chi connectivity index (χ2n) is 7.20. The Morgan fingerprint density at radius 3 is 2.29 bits per heavy atom. The molecule has 0 saturated heterocycles. The molecule has 0 unspecified atom stereocenters. The number of nitrogens with zero attached hydrogens (tertiary/aromatic N) is 3. The minimum absolute atomic E-state index is 0.0223. The van der Waals surface area contributed by atoms with Crippen LogP contribution in [0.2, 0.25) is 0 Å². The Hall–Kier alpha value is -3.20. The number of fused-ring (bicyclic) bond motifs is 1. The Labute approximate surface area is 181 Å². The van der Waals surface area contributed by atoms with Gasteiger partial charge in [0.1, 0.15) is 18.0 Å². The molecular formula is C23H23N3O4S. The third-order valence-corrected chi connectivity index (χ3v) is 6.82. The maximum Gasteiger partial charge on any atom is 0.242 e. The van der Waals surface area contributed by atoms with Gasteiger partial charge in [0, 0.05) is 25.9 Å². The summed E-state index contributed by atoms with van der Waals surface area (Å²) >= 11 is 0. The van der Waals surface area contributed by atoms with Gasteiger partial charge in [-0.2, -0.15) is 0 Å². The van der Waals surface area contributed by atoms with Crippen molar-refractivity contribution >= 4 is 15.7 Å². The number of rotatable bonds is 7. The third-order valence-electron chi connectivity index (χ3n) is 4.99. The molecule has 31 heavy (non-hydrogen) atoms. The van der Waals surface area contributed by atoms with Crippen molar-refractivity contribution in [1.82, 2.24) is 13.7 Å². The topological polar surface area (TPSA) is 84.1 Å². The van der Waals surface area contributed by atoms with Crippen LogP contribution in [0.5, 0.6) is 5.75 Å². The standard InChI is InChI=1S/C23H23N3O4S/c1-25(2)31(28,29)21-9-5-17(6-10-21)19-11-12-26-22(16-24-23(26)15-19)18-3-7-20(8-4-18)30-14-13-27/h3-12,15-16,27H,13-14H2,1-2H3. The van der Waals surface area contributed by atoms with Gasteiger partial charge in [-0.3, -0.25) is 4.40 Å². The minimum atomic E-state index is -3.45. The summed E-state index contributed by atoms with van der Waals surface area (Å²) in [5, 5.41) is 8.86. The largest absolute Gasteiger partial charge is 0.491 e. The number of sulfonamides is 1. The Morgan fingerprint density at radius 1 is 0.968 bits per heavy atom. The van der Waals surface area contributed by atoms with Gasteiger partial charge >= 0.3 is 0 Å². The molecule has 0 aliphatic rings. The minimum Gasteiger partial charge on any atom is -0.491 e. The highest BCUT2D eigenvalue weighted by atomic mass is 32.2. The van der Waals surface area contributed by atoms with Gasteiger partial charge in [-0.05, 0) is 59.7 Å². The molecule has 0 aliphatic heterocycles. The van der Waals surface area contributed by atoms with Crippen LogP contribution in [0.4, 0.5) is 0 Å². The van der Waals surface area contributed by atoms with Crippen LogP contribution in [-0.2, 0) is 10.0 Å². The van der Waals surface area contributed by atoms with Crippen molar-refractivity contribution in [2.75, 3.05) is 27.3 Å². The summed E-state index contributed by atoms with van der Waals surface area (Å²) in [7, 11) is -0.417. The first-order valence-electron chi connectivity index (χ1n) is 9.74. The van der Waals surface area contributed by atoms with Crippen LogP contribution in [0, 0.1) is 0 Å². The number of hydrogen-bond acceptors (Lipinski definition) is 5. The fraction of sp³-hybridized carbons (Fsp3) is 0.174. The number of aromatic nitrogens is 2. The number of aliphatic hydroxyl groups excluding tert-OH is 1. The Kier molecular flexibility index (Phi) is 5.77. The summed E-state index contributed by atoms with van der Waals surface area (Å²) in [6.07, 6.45) is 3.77. The molecule has 4 aromatic rings. The highest BCUT2D eigenvalue weighted by molar-refractivity contribution is 7.89. The zero-order chi connectivity index (χ0) is 22.0. The van der Waals surface area contributed by atoms with Crippen LogP contribution in [0.15, 0.2) is 78.0 Å². The average Bonchev–Trinajstić information content (AvgIpc) is 3.21. The van der Waals surface area contributed by atoms with Crippen LogP contribution in [0.3, 0.4) is 0 Å². The van der Waals surface area contributed by atoms with E-state index >= 15 is 0 Å². The predicted octanol–water partition coefficient (Wildman–Crippen LogP) is 3.29. The summed E-state index contributed by atoms with van der Waals surface area (Å²) < 4.78 is 33.1. The van der Waals surface area contributed by atoms with E-state index < -0.39 is 10.0 Å². The van der Waals surface area contributed by atoms with E-state index in [9.17, 15) is 8.42 Å². The Morgan fingerprint density at radius 2 is 1.65 bits per heavy atom. The van der Waals surface area contributed by atoms with Crippen molar-refractivity contribution in [1.29, 1.82) is 0 Å². The van der Waals surface area contributed by atoms with Gasteiger partial charge in [0.2, 0.25) is 10.0 Å². The van der Waals surface area contributed by atoms with Crippen LogP contribution in [0.1, 0.15) is 0 Å². The zero-order valence-corrected chi connectivity index (χ0v) is 18.1. The molecule has 0 spiro atoms.